The molecule has 72 valence electrons. The number of hydrogen-bond acceptors (Lipinski definition) is 3. The standard InChI is InChI=1S/C9H14N2OS/c12-9-11(5-6-13-9)7-8-3-1-2-4-10-8/h5-6,8,10H,1-4,7H2. The Kier molecular flexibility index (Phi) is 2.80. The molecule has 0 spiro atoms. The normalized spacial score (nSPS) is 23.2. The highest BCUT2D eigenvalue weighted by atomic mass is 32.1. The van der Waals surface area contributed by atoms with Crippen molar-refractivity contribution in [3.8, 4) is 0 Å². The lowest BCUT2D eigenvalue weighted by Gasteiger charge is -2.23. The van der Waals surface area contributed by atoms with E-state index in [4.69, 9.17) is 0 Å². The molecule has 1 atom stereocenters. The lowest BCUT2D eigenvalue weighted by molar-refractivity contribution is 0.361. The molecule has 0 aliphatic carbocycles. The second-order valence-corrected chi connectivity index (χ2v) is 4.33. The Morgan fingerprint density at radius 3 is 3.15 bits per heavy atom. The highest BCUT2D eigenvalue weighted by Crippen LogP contribution is 2.08. The van der Waals surface area contributed by atoms with Gasteiger partial charge < -0.3 is 9.88 Å². The third kappa shape index (κ3) is 2.19. The second kappa shape index (κ2) is 4.07. The number of rotatable bonds is 2. The minimum absolute atomic E-state index is 0.160. The predicted octanol–water partition coefficient (Wildman–Crippen LogP) is 1.05. The number of nitrogens with one attached hydrogen (secondary N) is 1. The van der Waals surface area contributed by atoms with E-state index >= 15 is 0 Å². The molecule has 0 bridgehead atoms. The summed E-state index contributed by atoms with van der Waals surface area (Å²) < 4.78 is 1.80. The average molecular weight is 198 g/mol. The molecular formula is C9H14N2OS. The van der Waals surface area contributed by atoms with Crippen LogP contribution in [-0.4, -0.2) is 17.2 Å². The van der Waals surface area contributed by atoms with Crippen LogP contribution < -0.4 is 10.2 Å². The van der Waals surface area contributed by atoms with Gasteiger partial charge >= 0.3 is 4.87 Å². The molecular weight excluding hydrogens is 184 g/mol. The first kappa shape index (κ1) is 8.97. The van der Waals surface area contributed by atoms with E-state index in [-0.39, 0.29) is 4.87 Å². The molecule has 0 amide bonds. The van der Waals surface area contributed by atoms with Crippen molar-refractivity contribution >= 4 is 11.3 Å². The second-order valence-electron chi connectivity index (χ2n) is 3.47. The Hall–Kier alpha value is -0.610. The summed E-state index contributed by atoms with van der Waals surface area (Å²) in [6.07, 6.45) is 5.64. The first-order valence-corrected chi connectivity index (χ1v) is 5.61. The van der Waals surface area contributed by atoms with Crippen LogP contribution in [0.2, 0.25) is 0 Å². The summed E-state index contributed by atoms with van der Waals surface area (Å²) >= 11 is 1.27. The van der Waals surface area contributed by atoms with Crippen LogP contribution in [0.25, 0.3) is 0 Å². The van der Waals surface area contributed by atoms with E-state index in [9.17, 15) is 4.79 Å². The molecule has 1 saturated heterocycles. The lowest BCUT2D eigenvalue weighted by Crippen LogP contribution is -2.38. The van der Waals surface area contributed by atoms with Crippen molar-refractivity contribution in [1.29, 1.82) is 0 Å². The monoisotopic (exact) mass is 198 g/mol. The van der Waals surface area contributed by atoms with E-state index in [1.165, 1.54) is 30.6 Å². The summed E-state index contributed by atoms with van der Waals surface area (Å²) in [6.45, 7) is 1.94. The lowest BCUT2D eigenvalue weighted by atomic mass is 10.1. The zero-order valence-corrected chi connectivity index (χ0v) is 8.35. The van der Waals surface area contributed by atoms with Crippen LogP contribution in [0.1, 0.15) is 19.3 Å². The fraction of sp³-hybridized carbons (Fsp3) is 0.667. The van der Waals surface area contributed by atoms with Gasteiger partial charge in [-0.05, 0) is 19.4 Å². The molecule has 1 aliphatic heterocycles. The van der Waals surface area contributed by atoms with E-state index < -0.39 is 0 Å². The van der Waals surface area contributed by atoms with Gasteiger partial charge in [0.05, 0.1) is 0 Å². The fourth-order valence-electron chi connectivity index (χ4n) is 1.74. The van der Waals surface area contributed by atoms with Crippen molar-refractivity contribution in [2.75, 3.05) is 6.54 Å². The topological polar surface area (TPSA) is 34.0 Å². The predicted molar refractivity (Wildman–Crippen MR) is 54.2 cm³/mol. The minimum Gasteiger partial charge on any atom is -0.312 e. The van der Waals surface area contributed by atoms with E-state index in [2.05, 4.69) is 5.32 Å². The van der Waals surface area contributed by atoms with Gasteiger partial charge in [0.25, 0.3) is 0 Å². The molecule has 0 radical (unpaired) electrons. The Labute approximate surface area is 81.4 Å². The van der Waals surface area contributed by atoms with Crippen molar-refractivity contribution in [2.45, 2.75) is 31.8 Å². The summed E-state index contributed by atoms with van der Waals surface area (Å²) in [6, 6.07) is 0.501. The summed E-state index contributed by atoms with van der Waals surface area (Å²) in [5.74, 6) is 0. The summed E-state index contributed by atoms with van der Waals surface area (Å²) in [5, 5.41) is 5.28. The van der Waals surface area contributed by atoms with Crippen molar-refractivity contribution in [2.24, 2.45) is 0 Å². The van der Waals surface area contributed by atoms with Crippen LogP contribution in [0.5, 0.6) is 0 Å². The number of thiazole rings is 1. The molecule has 1 N–H and O–H groups in total. The van der Waals surface area contributed by atoms with Gasteiger partial charge in [0.1, 0.15) is 0 Å². The third-order valence-electron chi connectivity index (χ3n) is 2.47. The maximum absolute atomic E-state index is 11.2. The van der Waals surface area contributed by atoms with Gasteiger partial charge in [-0.3, -0.25) is 4.79 Å². The van der Waals surface area contributed by atoms with Gasteiger partial charge in [-0.2, -0.15) is 0 Å². The molecule has 0 aromatic carbocycles. The molecule has 13 heavy (non-hydrogen) atoms. The molecule has 4 heteroatoms. The van der Waals surface area contributed by atoms with Crippen molar-refractivity contribution in [1.82, 2.24) is 9.88 Å². The van der Waals surface area contributed by atoms with Crippen LogP contribution in [0, 0.1) is 0 Å². The summed E-state index contributed by atoms with van der Waals surface area (Å²) in [7, 11) is 0. The number of nitrogens with zero attached hydrogens (tertiary/aromatic N) is 1. The maximum atomic E-state index is 11.2. The molecule has 1 fully saturated rings. The minimum atomic E-state index is 0.160. The Morgan fingerprint density at radius 1 is 1.62 bits per heavy atom. The molecule has 1 aromatic heterocycles. The maximum Gasteiger partial charge on any atom is 0.307 e. The first-order chi connectivity index (χ1) is 6.36. The van der Waals surface area contributed by atoms with Gasteiger partial charge in [0.2, 0.25) is 0 Å². The van der Waals surface area contributed by atoms with E-state index in [1.54, 1.807) is 4.57 Å². The summed E-state index contributed by atoms with van der Waals surface area (Å²) in [4.78, 5) is 11.4. The Bertz CT molecular complexity index is 311. The SMILES string of the molecule is O=c1sccn1CC1CCCCN1. The molecule has 2 heterocycles. The van der Waals surface area contributed by atoms with Gasteiger partial charge in [-0.25, -0.2) is 0 Å². The van der Waals surface area contributed by atoms with Crippen LogP contribution in [0.3, 0.4) is 0 Å². The Balaban J connectivity index is 1.97. The number of hydrogen-bond donors (Lipinski definition) is 1. The third-order valence-corrected chi connectivity index (χ3v) is 3.17. The summed E-state index contributed by atoms with van der Waals surface area (Å²) in [5.41, 5.74) is 0. The zero-order valence-electron chi connectivity index (χ0n) is 7.53. The number of piperidine rings is 1. The van der Waals surface area contributed by atoms with Crippen LogP contribution in [0.15, 0.2) is 16.4 Å². The van der Waals surface area contributed by atoms with E-state index in [0.29, 0.717) is 6.04 Å². The molecule has 1 aliphatic rings. The highest BCUT2D eigenvalue weighted by molar-refractivity contribution is 7.07. The first-order valence-electron chi connectivity index (χ1n) is 4.73. The molecule has 0 saturated carbocycles. The smallest absolute Gasteiger partial charge is 0.307 e. The van der Waals surface area contributed by atoms with Gasteiger partial charge in [-0.1, -0.05) is 17.8 Å². The molecule has 2 rings (SSSR count). The zero-order chi connectivity index (χ0) is 9.10. The van der Waals surface area contributed by atoms with Crippen LogP contribution in [0.4, 0.5) is 0 Å². The molecule has 3 nitrogen and oxygen atoms in total. The van der Waals surface area contributed by atoms with Crippen molar-refractivity contribution in [3.63, 3.8) is 0 Å². The van der Waals surface area contributed by atoms with Crippen LogP contribution >= 0.6 is 11.3 Å². The van der Waals surface area contributed by atoms with Gasteiger partial charge in [0.15, 0.2) is 0 Å². The highest BCUT2D eigenvalue weighted by Gasteiger charge is 2.13. The number of aromatic nitrogens is 1. The van der Waals surface area contributed by atoms with E-state index in [1.807, 2.05) is 11.6 Å². The molecule has 1 aromatic rings. The average Bonchev–Trinajstić information content (AvgIpc) is 2.54. The quantitative estimate of drug-likeness (QED) is 0.770. The largest absolute Gasteiger partial charge is 0.312 e. The van der Waals surface area contributed by atoms with Gasteiger partial charge in [0, 0.05) is 24.2 Å². The van der Waals surface area contributed by atoms with Crippen LogP contribution in [-0.2, 0) is 6.54 Å². The van der Waals surface area contributed by atoms with Crippen molar-refractivity contribution in [3.05, 3.63) is 21.2 Å². The van der Waals surface area contributed by atoms with Gasteiger partial charge in [-0.15, -0.1) is 0 Å². The van der Waals surface area contributed by atoms with E-state index in [0.717, 1.165) is 13.1 Å². The van der Waals surface area contributed by atoms with Crippen molar-refractivity contribution < 1.29 is 0 Å². The fourth-order valence-corrected chi connectivity index (χ4v) is 2.34. The molecule has 1 unspecified atom stereocenters. The Morgan fingerprint density at radius 2 is 2.54 bits per heavy atom.